The van der Waals surface area contributed by atoms with E-state index in [2.05, 4.69) is 0 Å². The molecule has 2 N–H and O–H groups in total. The lowest BCUT2D eigenvalue weighted by molar-refractivity contribution is 0.271. The Hall–Kier alpha value is -1.42. The van der Waals surface area contributed by atoms with Gasteiger partial charge in [-0.05, 0) is 6.07 Å². The normalized spacial score (nSPS) is 9.77. The SMILES string of the molecule is COc1cc(CO)c(OC)cc1O. The molecule has 1 aromatic rings. The summed E-state index contributed by atoms with van der Waals surface area (Å²) in [7, 11) is 2.92. The van der Waals surface area contributed by atoms with E-state index >= 15 is 0 Å². The number of phenols is 1. The van der Waals surface area contributed by atoms with Gasteiger partial charge in [-0.2, -0.15) is 0 Å². The Balaban J connectivity index is 3.18. The summed E-state index contributed by atoms with van der Waals surface area (Å²) in [6, 6.07) is 2.94. The summed E-state index contributed by atoms with van der Waals surface area (Å²) in [6.07, 6.45) is 0. The van der Waals surface area contributed by atoms with Gasteiger partial charge in [-0.25, -0.2) is 0 Å². The maximum atomic E-state index is 9.36. The van der Waals surface area contributed by atoms with Gasteiger partial charge in [0.2, 0.25) is 0 Å². The zero-order valence-corrected chi connectivity index (χ0v) is 7.57. The first-order valence-electron chi connectivity index (χ1n) is 3.77. The molecule has 0 radical (unpaired) electrons. The van der Waals surface area contributed by atoms with E-state index in [9.17, 15) is 5.11 Å². The minimum atomic E-state index is -0.153. The van der Waals surface area contributed by atoms with Crippen LogP contribution in [0.2, 0.25) is 0 Å². The molecule has 0 aliphatic rings. The van der Waals surface area contributed by atoms with Crippen molar-refractivity contribution in [3.05, 3.63) is 17.7 Å². The molecule has 0 aliphatic carbocycles. The summed E-state index contributed by atoms with van der Waals surface area (Å²) in [4.78, 5) is 0. The van der Waals surface area contributed by atoms with Crippen LogP contribution in [0.15, 0.2) is 12.1 Å². The second-order valence-electron chi connectivity index (χ2n) is 2.49. The molecule has 0 aromatic heterocycles. The standard InChI is InChI=1S/C9H12O4/c1-12-8-4-7(11)9(13-2)3-6(8)5-10/h3-4,10-11H,5H2,1-2H3. The smallest absolute Gasteiger partial charge is 0.161 e. The molecular weight excluding hydrogens is 172 g/mol. The molecule has 0 saturated carbocycles. The van der Waals surface area contributed by atoms with Crippen molar-refractivity contribution in [3.8, 4) is 17.2 Å². The van der Waals surface area contributed by atoms with Gasteiger partial charge in [-0.3, -0.25) is 0 Å². The predicted octanol–water partition coefficient (Wildman–Crippen LogP) is 0.902. The molecule has 4 heteroatoms. The number of rotatable bonds is 3. The van der Waals surface area contributed by atoms with Gasteiger partial charge < -0.3 is 19.7 Å². The first-order chi connectivity index (χ1) is 6.22. The van der Waals surface area contributed by atoms with Crippen LogP contribution >= 0.6 is 0 Å². The van der Waals surface area contributed by atoms with Crippen LogP contribution in [0.5, 0.6) is 17.2 Å². The lowest BCUT2D eigenvalue weighted by Gasteiger charge is -2.09. The highest BCUT2D eigenvalue weighted by molar-refractivity contribution is 5.49. The van der Waals surface area contributed by atoms with Gasteiger partial charge in [0.1, 0.15) is 5.75 Å². The van der Waals surface area contributed by atoms with Gasteiger partial charge in [0, 0.05) is 11.6 Å². The molecule has 0 fully saturated rings. The van der Waals surface area contributed by atoms with Crippen molar-refractivity contribution in [2.75, 3.05) is 14.2 Å². The molecule has 0 saturated heterocycles. The van der Waals surface area contributed by atoms with Gasteiger partial charge in [-0.15, -0.1) is 0 Å². The fraction of sp³-hybridized carbons (Fsp3) is 0.333. The van der Waals surface area contributed by atoms with Crippen molar-refractivity contribution in [3.63, 3.8) is 0 Å². The number of methoxy groups -OCH3 is 2. The Labute approximate surface area is 76.3 Å². The van der Waals surface area contributed by atoms with E-state index in [1.807, 2.05) is 0 Å². The van der Waals surface area contributed by atoms with Crippen LogP contribution in [0.4, 0.5) is 0 Å². The molecule has 0 aliphatic heterocycles. The maximum Gasteiger partial charge on any atom is 0.161 e. The Morgan fingerprint density at radius 2 is 1.77 bits per heavy atom. The monoisotopic (exact) mass is 184 g/mol. The number of hydrogen-bond acceptors (Lipinski definition) is 4. The molecule has 1 aromatic carbocycles. The number of phenolic OH excluding ortho intramolecular Hbond substituents is 1. The van der Waals surface area contributed by atoms with Gasteiger partial charge in [0.25, 0.3) is 0 Å². The van der Waals surface area contributed by atoms with E-state index in [4.69, 9.17) is 14.6 Å². The number of benzene rings is 1. The van der Waals surface area contributed by atoms with Crippen LogP contribution in [0, 0.1) is 0 Å². The molecule has 4 nitrogen and oxygen atoms in total. The first-order valence-corrected chi connectivity index (χ1v) is 3.77. The molecule has 13 heavy (non-hydrogen) atoms. The van der Waals surface area contributed by atoms with Crippen LogP contribution in [0.3, 0.4) is 0 Å². The summed E-state index contributed by atoms with van der Waals surface area (Å²) in [5.74, 6) is 0.766. The Kier molecular flexibility index (Phi) is 2.97. The number of aliphatic hydroxyl groups is 1. The van der Waals surface area contributed by atoms with Crippen LogP contribution in [0.25, 0.3) is 0 Å². The highest BCUT2D eigenvalue weighted by atomic mass is 16.5. The fourth-order valence-electron chi connectivity index (χ4n) is 1.07. The minimum Gasteiger partial charge on any atom is -0.504 e. The van der Waals surface area contributed by atoms with Gasteiger partial charge >= 0.3 is 0 Å². The molecule has 0 amide bonds. The van der Waals surface area contributed by atoms with E-state index in [0.29, 0.717) is 17.1 Å². The molecule has 0 unspecified atom stereocenters. The first kappa shape index (κ1) is 9.67. The largest absolute Gasteiger partial charge is 0.504 e. The van der Waals surface area contributed by atoms with E-state index in [-0.39, 0.29) is 12.4 Å². The van der Waals surface area contributed by atoms with Crippen molar-refractivity contribution in [1.82, 2.24) is 0 Å². The minimum absolute atomic E-state index is 0.00319. The summed E-state index contributed by atoms with van der Waals surface area (Å²) in [5, 5.41) is 18.3. The summed E-state index contributed by atoms with van der Waals surface area (Å²) in [5.41, 5.74) is 0.581. The molecular formula is C9H12O4. The highest BCUT2D eigenvalue weighted by Crippen LogP contribution is 2.33. The summed E-state index contributed by atoms with van der Waals surface area (Å²) >= 11 is 0. The lowest BCUT2D eigenvalue weighted by atomic mass is 10.2. The lowest BCUT2D eigenvalue weighted by Crippen LogP contribution is -1.93. The van der Waals surface area contributed by atoms with Gasteiger partial charge in [-0.1, -0.05) is 0 Å². The Bertz CT molecular complexity index is 296. The molecule has 0 bridgehead atoms. The van der Waals surface area contributed by atoms with Gasteiger partial charge in [0.05, 0.1) is 20.8 Å². The number of hydrogen-bond donors (Lipinski definition) is 2. The second kappa shape index (κ2) is 4.00. The second-order valence-corrected chi connectivity index (χ2v) is 2.49. The maximum absolute atomic E-state index is 9.36. The third kappa shape index (κ3) is 1.84. The zero-order valence-electron chi connectivity index (χ0n) is 7.57. The number of aromatic hydroxyl groups is 1. The predicted molar refractivity (Wildman–Crippen MR) is 47.1 cm³/mol. The Morgan fingerprint density at radius 1 is 1.15 bits per heavy atom. The third-order valence-electron chi connectivity index (χ3n) is 1.75. The summed E-state index contributed by atoms with van der Waals surface area (Å²) in [6.45, 7) is -0.153. The average Bonchev–Trinajstić information content (AvgIpc) is 2.17. The third-order valence-corrected chi connectivity index (χ3v) is 1.75. The van der Waals surface area contributed by atoms with Crippen LogP contribution in [-0.2, 0) is 6.61 Å². The average molecular weight is 184 g/mol. The molecule has 0 heterocycles. The van der Waals surface area contributed by atoms with E-state index < -0.39 is 0 Å². The highest BCUT2D eigenvalue weighted by Gasteiger charge is 2.08. The van der Waals surface area contributed by atoms with Crippen LogP contribution < -0.4 is 9.47 Å². The Morgan fingerprint density at radius 3 is 2.23 bits per heavy atom. The van der Waals surface area contributed by atoms with E-state index in [0.717, 1.165) is 0 Å². The number of aliphatic hydroxyl groups excluding tert-OH is 1. The van der Waals surface area contributed by atoms with Crippen LogP contribution in [-0.4, -0.2) is 24.4 Å². The zero-order chi connectivity index (χ0) is 9.84. The van der Waals surface area contributed by atoms with Crippen molar-refractivity contribution < 1.29 is 19.7 Å². The summed E-state index contributed by atoms with van der Waals surface area (Å²) < 4.78 is 9.81. The molecule has 0 atom stereocenters. The van der Waals surface area contributed by atoms with Crippen molar-refractivity contribution in [2.45, 2.75) is 6.61 Å². The van der Waals surface area contributed by atoms with E-state index in [1.54, 1.807) is 0 Å². The van der Waals surface area contributed by atoms with Crippen molar-refractivity contribution in [1.29, 1.82) is 0 Å². The molecule has 0 spiro atoms. The van der Waals surface area contributed by atoms with E-state index in [1.165, 1.54) is 26.4 Å². The quantitative estimate of drug-likeness (QED) is 0.732. The van der Waals surface area contributed by atoms with Gasteiger partial charge in [0.15, 0.2) is 11.5 Å². The fourth-order valence-corrected chi connectivity index (χ4v) is 1.07. The molecule has 1 rings (SSSR count). The molecule has 72 valence electrons. The van der Waals surface area contributed by atoms with Crippen molar-refractivity contribution in [2.24, 2.45) is 0 Å². The number of ether oxygens (including phenoxy) is 2. The topological polar surface area (TPSA) is 58.9 Å². The van der Waals surface area contributed by atoms with Crippen molar-refractivity contribution >= 4 is 0 Å². The van der Waals surface area contributed by atoms with Crippen LogP contribution in [0.1, 0.15) is 5.56 Å².